The van der Waals surface area contributed by atoms with Gasteiger partial charge in [0, 0.05) is 23.7 Å². The van der Waals surface area contributed by atoms with Gasteiger partial charge in [0.25, 0.3) is 5.91 Å². The number of carbonyl (C=O) groups excluding carboxylic acids is 2. The normalized spacial score (nSPS) is 14.7. The minimum Gasteiger partial charge on any atom is -0.342 e. The van der Waals surface area contributed by atoms with E-state index < -0.39 is 10.0 Å². The molecule has 2 aromatic carbocycles. The van der Waals surface area contributed by atoms with Gasteiger partial charge in [-0.3, -0.25) is 9.59 Å². The van der Waals surface area contributed by atoms with Crippen molar-refractivity contribution in [3.8, 4) is 0 Å². The summed E-state index contributed by atoms with van der Waals surface area (Å²) < 4.78 is 23.6. The number of primary sulfonamides is 1. The molecule has 0 heterocycles. The number of hydrogen-bond donors (Lipinski definition) is 2. The Labute approximate surface area is 200 Å². The fraction of sp³-hybridized carbons (Fsp3) is 0.417. The Balaban J connectivity index is 1.74. The van der Waals surface area contributed by atoms with E-state index in [9.17, 15) is 18.0 Å². The van der Waals surface area contributed by atoms with E-state index >= 15 is 0 Å². The Morgan fingerprint density at radius 3 is 2.45 bits per heavy atom. The van der Waals surface area contributed by atoms with Crippen LogP contribution in [0.2, 0.25) is 0 Å². The second kappa shape index (κ2) is 10.7. The third kappa shape index (κ3) is 6.37. The van der Waals surface area contributed by atoms with Crippen molar-refractivity contribution in [1.82, 2.24) is 4.90 Å². The number of rotatable bonds is 7. The molecule has 2 aromatic rings. The summed E-state index contributed by atoms with van der Waals surface area (Å²) in [7, 11) is -2.04. The first-order valence-electron chi connectivity index (χ1n) is 11.0. The highest BCUT2D eigenvalue weighted by Crippen LogP contribution is 2.28. The lowest BCUT2D eigenvalue weighted by atomic mass is 9.94. The van der Waals surface area contributed by atoms with Gasteiger partial charge in [0.15, 0.2) is 0 Å². The lowest BCUT2D eigenvalue weighted by molar-refractivity contribution is -0.129. The highest BCUT2D eigenvalue weighted by molar-refractivity contribution is 8.00. The molecule has 178 valence electrons. The molecular formula is C24H31N3O4S2. The number of nitrogens with zero attached hydrogens (tertiary/aromatic N) is 1. The Morgan fingerprint density at radius 2 is 1.79 bits per heavy atom. The standard InChI is InChI=1S/C24H31N3O4S2/c1-16-13-19(33(25,30)31)14-21(17(16)2)26-24(29)20-11-7-8-12-22(20)32-15-23(28)27(3)18-9-5-4-6-10-18/h7-8,11-14,18H,4-6,9-10,15H2,1-3H3,(H,26,29)(H2,25,30,31). The van der Waals surface area contributed by atoms with Gasteiger partial charge in [-0.2, -0.15) is 0 Å². The minimum absolute atomic E-state index is 0.0504. The van der Waals surface area contributed by atoms with Crippen molar-refractivity contribution in [3.05, 3.63) is 53.1 Å². The van der Waals surface area contributed by atoms with Crippen LogP contribution in [0.4, 0.5) is 5.69 Å². The van der Waals surface area contributed by atoms with Crippen LogP contribution in [-0.4, -0.2) is 44.0 Å². The van der Waals surface area contributed by atoms with Crippen LogP contribution in [0.1, 0.15) is 53.6 Å². The molecule has 9 heteroatoms. The van der Waals surface area contributed by atoms with Gasteiger partial charge in [-0.05, 0) is 62.1 Å². The van der Waals surface area contributed by atoms with Gasteiger partial charge >= 0.3 is 0 Å². The average Bonchev–Trinajstić information content (AvgIpc) is 2.79. The molecule has 7 nitrogen and oxygen atoms in total. The van der Waals surface area contributed by atoms with Crippen LogP contribution in [0, 0.1) is 13.8 Å². The Hall–Kier alpha value is -2.36. The van der Waals surface area contributed by atoms with Crippen LogP contribution in [0.25, 0.3) is 0 Å². The van der Waals surface area contributed by atoms with Gasteiger partial charge in [-0.1, -0.05) is 31.4 Å². The molecule has 0 radical (unpaired) electrons. The number of benzene rings is 2. The monoisotopic (exact) mass is 489 g/mol. The summed E-state index contributed by atoms with van der Waals surface area (Å²) in [6, 6.07) is 10.2. The first kappa shape index (κ1) is 25.3. The van der Waals surface area contributed by atoms with Crippen LogP contribution in [-0.2, 0) is 14.8 Å². The van der Waals surface area contributed by atoms with E-state index in [1.165, 1.54) is 30.3 Å². The third-order valence-corrected chi connectivity index (χ3v) is 8.17. The van der Waals surface area contributed by atoms with E-state index in [1.54, 1.807) is 26.0 Å². The molecule has 1 aliphatic carbocycles. The number of carbonyl (C=O) groups is 2. The van der Waals surface area contributed by atoms with Crippen LogP contribution < -0.4 is 10.5 Å². The Bertz CT molecular complexity index is 1140. The molecule has 0 aliphatic heterocycles. The maximum Gasteiger partial charge on any atom is 0.256 e. The van der Waals surface area contributed by atoms with Gasteiger partial charge in [0.2, 0.25) is 15.9 Å². The van der Waals surface area contributed by atoms with Crippen LogP contribution in [0.5, 0.6) is 0 Å². The fourth-order valence-electron chi connectivity index (χ4n) is 4.00. The van der Waals surface area contributed by atoms with E-state index in [1.807, 2.05) is 24.1 Å². The average molecular weight is 490 g/mol. The van der Waals surface area contributed by atoms with Crippen molar-refractivity contribution < 1.29 is 18.0 Å². The second-order valence-electron chi connectivity index (χ2n) is 8.49. The maximum atomic E-state index is 13.1. The van der Waals surface area contributed by atoms with Crippen molar-refractivity contribution in [2.75, 3.05) is 18.1 Å². The van der Waals surface area contributed by atoms with Crippen LogP contribution in [0.3, 0.4) is 0 Å². The summed E-state index contributed by atoms with van der Waals surface area (Å²) >= 11 is 1.33. The van der Waals surface area contributed by atoms with E-state index in [0.29, 0.717) is 27.8 Å². The van der Waals surface area contributed by atoms with Gasteiger partial charge in [-0.25, -0.2) is 13.6 Å². The number of sulfonamides is 1. The molecule has 0 unspecified atom stereocenters. The molecule has 0 atom stereocenters. The second-order valence-corrected chi connectivity index (χ2v) is 11.1. The third-order valence-electron chi connectivity index (χ3n) is 6.22. The zero-order chi connectivity index (χ0) is 24.2. The SMILES string of the molecule is Cc1cc(S(N)(=O)=O)cc(NC(=O)c2ccccc2SCC(=O)N(C)C2CCCCC2)c1C. The lowest BCUT2D eigenvalue weighted by Crippen LogP contribution is -2.39. The summed E-state index contributed by atoms with van der Waals surface area (Å²) in [5.74, 6) is -0.0780. The van der Waals surface area contributed by atoms with Crippen molar-refractivity contribution >= 4 is 39.3 Å². The van der Waals surface area contributed by atoms with Gasteiger partial charge in [0.05, 0.1) is 16.2 Å². The molecule has 1 fully saturated rings. The van der Waals surface area contributed by atoms with E-state index in [4.69, 9.17) is 5.14 Å². The van der Waals surface area contributed by atoms with E-state index in [-0.39, 0.29) is 22.5 Å². The van der Waals surface area contributed by atoms with E-state index in [2.05, 4.69) is 5.32 Å². The summed E-state index contributed by atoms with van der Waals surface area (Å²) in [5.41, 5.74) is 2.27. The first-order chi connectivity index (χ1) is 15.6. The van der Waals surface area contributed by atoms with Crippen molar-refractivity contribution in [3.63, 3.8) is 0 Å². The van der Waals surface area contributed by atoms with Crippen molar-refractivity contribution in [2.45, 2.75) is 61.8 Å². The number of hydrogen-bond acceptors (Lipinski definition) is 5. The highest BCUT2D eigenvalue weighted by Gasteiger charge is 2.23. The zero-order valence-electron chi connectivity index (χ0n) is 19.3. The molecule has 0 spiro atoms. The molecular weight excluding hydrogens is 458 g/mol. The molecule has 33 heavy (non-hydrogen) atoms. The predicted octanol–water partition coefficient (Wildman–Crippen LogP) is 4.09. The Kier molecular flexibility index (Phi) is 8.20. The summed E-state index contributed by atoms with van der Waals surface area (Å²) in [4.78, 5) is 28.3. The quantitative estimate of drug-likeness (QED) is 0.570. The molecule has 3 N–H and O–H groups in total. The largest absolute Gasteiger partial charge is 0.342 e. The van der Waals surface area contributed by atoms with Gasteiger partial charge in [0.1, 0.15) is 0 Å². The van der Waals surface area contributed by atoms with E-state index in [0.717, 1.165) is 31.2 Å². The predicted molar refractivity (Wildman–Crippen MR) is 132 cm³/mol. The number of anilines is 1. The van der Waals surface area contributed by atoms with Gasteiger partial charge in [-0.15, -0.1) is 11.8 Å². The summed E-state index contributed by atoms with van der Waals surface area (Å²) in [6.07, 6.45) is 5.63. The lowest BCUT2D eigenvalue weighted by Gasteiger charge is -2.31. The topological polar surface area (TPSA) is 110 Å². The number of nitrogens with one attached hydrogen (secondary N) is 1. The first-order valence-corrected chi connectivity index (χ1v) is 13.5. The minimum atomic E-state index is -3.91. The smallest absolute Gasteiger partial charge is 0.256 e. The summed E-state index contributed by atoms with van der Waals surface area (Å²) in [6.45, 7) is 3.57. The molecule has 0 bridgehead atoms. The van der Waals surface area contributed by atoms with Crippen molar-refractivity contribution in [2.24, 2.45) is 5.14 Å². The van der Waals surface area contributed by atoms with Gasteiger partial charge < -0.3 is 10.2 Å². The van der Waals surface area contributed by atoms with Crippen molar-refractivity contribution in [1.29, 1.82) is 0 Å². The number of nitrogens with two attached hydrogens (primary N) is 1. The molecule has 1 aliphatic rings. The Morgan fingerprint density at radius 1 is 1.12 bits per heavy atom. The molecule has 0 saturated heterocycles. The van der Waals surface area contributed by atoms with Crippen LogP contribution >= 0.6 is 11.8 Å². The number of amides is 2. The molecule has 0 aromatic heterocycles. The van der Waals surface area contributed by atoms with Crippen LogP contribution in [0.15, 0.2) is 46.2 Å². The molecule has 3 rings (SSSR count). The highest BCUT2D eigenvalue weighted by atomic mass is 32.2. The number of aryl methyl sites for hydroxylation is 1. The zero-order valence-corrected chi connectivity index (χ0v) is 20.9. The molecule has 2 amide bonds. The summed E-state index contributed by atoms with van der Waals surface area (Å²) in [5, 5.41) is 8.09. The fourth-order valence-corrected chi connectivity index (χ4v) is 5.60. The maximum absolute atomic E-state index is 13.1. The number of thioether (sulfide) groups is 1. The molecule has 1 saturated carbocycles.